The molecule has 1 heterocycles. The molecule has 6 heteroatoms. The Balaban J connectivity index is 0.00000264. The summed E-state index contributed by atoms with van der Waals surface area (Å²) in [4.78, 5) is 6.90. The van der Waals surface area contributed by atoms with E-state index in [1.54, 1.807) is 0 Å². The molecule has 0 aliphatic carbocycles. The Labute approximate surface area is 165 Å². The molecule has 1 aromatic rings. The van der Waals surface area contributed by atoms with Crippen molar-refractivity contribution in [2.45, 2.75) is 38.8 Å². The monoisotopic (exact) mass is 494 g/mol. The Hall–Kier alpha value is -0.340. The van der Waals surface area contributed by atoms with Crippen molar-refractivity contribution in [1.82, 2.24) is 15.5 Å². The molecule has 1 aliphatic heterocycles. The number of likely N-dealkylation sites (tertiary alicyclic amines) is 1. The third-order valence-corrected chi connectivity index (χ3v) is 4.53. The van der Waals surface area contributed by atoms with Crippen LogP contribution >= 0.6 is 39.9 Å². The van der Waals surface area contributed by atoms with E-state index < -0.39 is 0 Å². The molecule has 4 nitrogen and oxygen atoms in total. The van der Waals surface area contributed by atoms with E-state index in [-0.39, 0.29) is 24.0 Å². The summed E-state index contributed by atoms with van der Waals surface area (Å²) in [6.45, 7) is 6.64. The quantitative estimate of drug-likeness (QED) is 0.373. The predicted molar refractivity (Wildman–Crippen MR) is 113 cm³/mol. The summed E-state index contributed by atoms with van der Waals surface area (Å²) >= 11 is 3.51. The van der Waals surface area contributed by atoms with Crippen molar-refractivity contribution in [2.24, 2.45) is 4.99 Å². The first-order chi connectivity index (χ1) is 10.7. The molecule has 1 aliphatic rings. The van der Waals surface area contributed by atoms with Crippen LogP contribution in [0.4, 0.5) is 0 Å². The lowest BCUT2D eigenvalue weighted by atomic mass is 10.1. The van der Waals surface area contributed by atoms with Gasteiger partial charge in [0.05, 0.1) is 0 Å². The number of nitrogens with zero attached hydrogens (tertiary/aromatic N) is 2. The van der Waals surface area contributed by atoms with Gasteiger partial charge in [0, 0.05) is 37.2 Å². The van der Waals surface area contributed by atoms with Crippen LogP contribution in [0.5, 0.6) is 0 Å². The van der Waals surface area contributed by atoms with Crippen molar-refractivity contribution in [3.8, 4) is 0 Å². The first-order valence-corrected chi connectivity index (χ1v) is 8.94. The van der Waals surface area contributed by atoms with Gasteiger partial charge >= 0.3 is 0 Å². The van der Waals surface area contributed by atoms with Crippen LogP contribution in [-0.4, -0.2) is 43.6 Å². The summed E-state index contributed by atoms with van der Waals surface area (Å²) in [5.74, 6) is 0.897. The minimum atomic E-state index is 0. The minimum Gasteiger partial charge on any atom is -0.354 e. The molecule has 0 aromatic heterocycles. The van der Waals surface area contributed by atoms with Gasteiger partial charge in [0.1, 0.15) is 0 Å². The van der Waals surface area contributed by atoms with Crippen molar-refractivity contribution in [1.29, 1.82) is 0 Å². The van der Waals surface area contributed by atoms with Crippen LogP contribution in [0.25, 0.3) is 0 Å². The number of hydrogen-bond acceptors (Lipinski definition) is 2. The molecule has 0 saturated carbocycles. The number of rotatable bonds is 5. The highest BCUT2D eigenvalue weighted by atomic mass is 127. The number of piperidine rings is 1. The summed E-state index contributed by atoms with van der Waals surface area (Å²) < 4.78 is 1.11. The number of aliphatic imine (C=N–C) groups is 1. The first kappa shape index (κ1) is 20.7. The summed E-state index contributed by atoms with van der Waals surface area (Å²) in [5, 5.41) is 6.95. The molecule has 0 unspecified atom stereocenters. The zero-order valence-corrected chi connectivity index (χ0v) is 17.9. The zero-order chi connectivity index (χ0) is 15.8. The summed E-state index contributed by atoms with van der Waals surface area (Å²) in [7, 11) is 1.84. The summed E-state index contributed by atoms with van der Waals surface area (Å²) in [6, 6.07) is 8.88. The van der Waals surface area contributed by atoms with E-state index in [0.29, 0.717) is 6.04 Å². The average Bonchev–Trinajstić information content (AvgIpc) is 2.53. The van der Waals surface area contributed by atoms with Crippen LogP contribution in [0.2, 0.25) is 0 Å². The molecule has 0 amide bonds. The van der Waals surface area contributed by atoms with Crippen molar-refractivity contribution in [3.05, 3.63) is 34.3 Å². The number of halogens is 2. The Morgan fingerprint density at radius 2 is 2.09 bits per heavy atom. The van der Waals surface area contributed by atoms with Crippen molar-refractivity contribution >= 4 is 45.9 Å². The Morgan fingerprint density at radius 1 is 1.35 bits per heavy atom. The second kappa shape index (κ2) is 11.3. The second-order valence-electron chi connectivity index (χ2n) is 5.82. The minimum absolute atomic E-state index is 0. The molecule has 0 spiro atoms. The van der Waals surface area contributed by atoms with Gasteiger partial charge in [-0.25, -0.2) is 0 Å². The zero-order valence-electron chi connectivity index (χ0n) is 14.0. The average molecular weight is 495 g/mol. The highest BCUT2D eigenvalue weighted by Gasteiger charge is 2.19. The number of guanidine groups is 1. The second-order valence-corrected chi connectivity index (χ2v) is 6.73. The van der Waals surface area contributed by atoms with Crippen molar-refractivity contribution in [3.63, 3.8) is 0 Å². The van der Waals surface area contributed by atoms with Crippen molar-refractivity contribution < 1.29 is 0 Å². The van der Waals surface area contributed by atoms with E-state index in [1.807, 2.05) is 13.1 Å². The fourth-order valence-corrected chi connectivity index (χ4v) is 3.28. The van der Waals surface area contributed by atoms with Crippen LogP contribution in [-0.2, 0) is 6.54 Å². The normalized spacial score (nSPS) is 16.7. The molecule has 1 aromatic carbocycles. The molecule has 1 fully saturated rings. The number of nitrogens with one attached hydrogen (secondary N) is 2. The molecule has 23 heavy (non-hydrogen) atoms. The molecule has 2 rings (SSSR count). The standard InChI is InChI=1S/C17H27BrN4.HI/c1-3-9-22-10-7-16(8-11-22)21-17(19-2)20-13-14-5-4-6-15(18)12-14;/h4-6,12,16H,3,7-11,13H2,1-2H3,(H2,19,20,21);1H. The smallest absolute Gasteiger partial charge is 0.191 e. The van der Waals surface area contributed by atoms with Crippen LogP contribution in [0.15, 0.2) is 33.7 Å². The van der Waals surface area contributed by atoms with Gasteiger partial charge in [0.2, 0.25) is 0 Å². The summed E-state index contributed by atoms with van der Waals surface area (Å²) in [6.07, 6.45) is 3.63. The predicted octanol–water partition coefficient (Wildman–Crippen LogP) is 3.61. The molecule has 0 radical (unpaired) electrons. The van der Waals surface area contributed by atoms with Crippen LogP contribution in [0.3, 0.4) is 0 Å². The van der Waals surface area contributed by atoms with Gasteiger partial charge in [-0.05, 0) is 43.5 Å². The summed E-state index contributed by atoms with van der Waals surface area (Å²) in [5.41, 5.74) is 1.25. The third kappa shape index (κ3) is 7.39. The van der Waals surface area contributed by atoms with Crippen LogP contribution < -0.4 is 10.6 Å². The Morgan fingerprint density at radius 3 is 2.70 bits per heavy atom. The lowest BCUT2D eigenvalue weighted by Crippen LogP contribution is -2.48. The fourth-order valence-electron chi connectivity index (χ4n) is 2.84. The maximum atomic E-state index is 4.34. The van der Waals surface area contributed by atoms with E-state index in [4.69, 9.17) is 0 Å². The van der Waals surface area contributed by atoms with Gasteiger partial charge in [0.15, 0.2) is 5.96 Å². The van der Waals surface area contributed by atoms with Crippen LogP contribution in [0, 0.1) is 0 Å². The van der Waals surface area contributed by atoms with Gasteiger partial charge in [0.25, 0.3) is 0 Å². The lowest BCUT2D eigenvalue weighted by molar-refractivity contribution is 0.206. The van der Waals surface area contributed by atoms with Gasteiger partial charge in [-0.15, -0.1) is 24.0 Å². The number of benzene rings is 1. The Kier molecular flexibility index (Phi) is 10.1. The van der Waals surface area contributed by atoms with E-state index in [2.05, 4.69) is 61.6 Å². The molecule has 130 valence electrons. The first-order valence-electron chi connectivity index (χ1n) is 8.15. The molecule has 1 saturated heterocycles. The van der Waals surface area contributed by atoms with E-state index in [9.17, 15) is 0 Å². The van der Waals surface area contributed by atoms with E-state index >= 15 is 0 Å². The highest BCUT2D eigenvalue weighted by molar-refractivity contribution is 14.0. The SMILES string of the molecule is CCCN1CCC(NC(=NC)NCc2cccc(Br)c2)CC1.I. The lowest BCUT2D eigenvalue weighted by Gasteiger charge is -2.32. The molecular weight excluding hydrogens is 467 g/mol. The Bertz CT molecular complexity index is 487. The molecule has 0 atom stereocenters. The highest BCUT2D eigenvalue weighted by Crippen LogP contribution is 2.12. The third-order valence-electron chi connectivity index (χ3n) is 4.04. The maximum absolute atomic E-state index is 4.34. The fraction of sp³-hybridized carbons (Fsp3) is 0.588. The topological polar surface area (TPSA) is 39.7 Å². The van der Waals surface area contributed by atoms with Gasteiger partial charge in [-0.2, -0.15) is 0 Å². The van der Waals surface area contributed by atoms with Crippen LogP contribution in [0.1, 0.15) is 31.7 Å². The maximum Gasteiger partial charge on any atom is 0.191 e. The van der Waals surface area contributed by atoms with Gasteiger partial charge in [-0.3, -0.25) is 4.99 Å². The number of hydrogen-bond donors (Lipinski definition) is 2. The molecule has 0 bridgehead atoms. The molecule has 2 N–H and O–H groups in total. The molecular formula is C17H28BrIN4. The largest absolute Gasteiger partial charge is 0.354 e. The van der Waals surface area contributed by atoms with Gasteiger partial charge in [-0.1, -0.05) is 35.0 Å². The van der Waals surface area contributed by atoms with Crippen molar-refractivity contribution in [2.75, 3.05) is 26.7 Å². The van der Waals surface area contributed by atoms with Gasteiger partial charge < -0.3 is 15.5 Å². The van der Waals surface area contributed by atoms with E-state index in [0.717, 1.165) is 17.0 Å². The van der Waals surface area contributed by atoms with E-state index in [1.165, 1.54) is 44.5 Å².